The van der Waals surface area contributed by atoms with Gasteiger partial charge in [0, 0.05) is 5.56 Å². The first-order chi connectivity index (χ1) is 9.31. The van der Waals surface area contributed by atoms with Crippen LogP contribution in [0.5, 0.6) is 0 Å². The van der Waals surface area contributed by atoms with E-state index in [4.69, 9.17) is 0 Å². The van der Waals surface area contributed by atoms with E-state index >= 15 is 0 Å². The number of aryl methyl sites for hydroxylation is 1. The molecule has 1 aromatic rings. The van der Waals surface area contributed by atoms with Crippen LogP contribution >= 0.6 is 0 Å². The Balaban J connectivity index is 1.50. The lowest BCUT2D eigenvalue weighted by Crippen LogP contribution is -3.29. The van der Waals surface area contributed by atoms with Gasteiger partial charge in [0.15, 0.2) is 0 Å². The van der Waals surface area contributed by atoms with Crippen molar-refractivity contribution < 1.29 is 9.80 Å². The molecule has 0 atom stereocenters. The van der Waals surface area contributed by atoms with Crippen LogP contribution < -0.4 is 9.80 Å². The molecule has 19 heavy (non-hydrogen) atoms. The van der Waals surface area contributed by atoms with E-state index in [1.165, 1.54) is 69.5 Å². The number of benzene rings is 1. The summed E-state index contributed by atoms with van der Waals surface area (Å²) < 4.78 is 0. The Bertz CT molecular complexity index is 401. The fourth-order valence-electron chi connectivity index (χ4n) is 3.95. The van der Waals surface area contributed by atoms with E-state index in [0.29, 0.717) is 0 Å². The van der Waals surface area contributed by atoms with Crippen molar-refractivity contribution in [3.05, 3.63) is 35.4 Å². The molecule has 1 aliphatic carbocycles. The molecule has 2 N–H and O–H groups in total. The molecule has 0 radical (unpaired) electrons. The van der Waals surface area contributed by atoms with Crippen molar-refractivity contribution in [1.82, 2.24) is 0 Å². The Kier molecular flexibility index (Phi) is 4.19. The molecule has 104 valence electrons. The molecule has 2 nitrogen and oxygen atoms in total. The zero-order valence-electron chi connectivity index (χ0n) is 12.3. The van der Waals surface area contributed by atoms with Crippen molar-refractivity contribution in [2.24, 2.45) is 0 Å². The quantitative estimate of drug-likeness (QED) is 0.769. The molecule has 0 unspecified atom stereocenters. The van der Waals surface area contributed by atoms with Crippen LogP contribution in [0.1, 0.15) is 36.8 Å². The normalized spacial score (nSPS) is 28.7. The van der Waals surface area contributed by atoms with Crippen LogP contribution in [0.3, 0.4) is 0 Å². The molecule has 1 aromatic carbocycles. The molecular weight excluding hydrogens is 232 g/mol. The van der Waals surface area contributed by atoms with Crippen molar-refractivity contribution in [3.8, 4) is 0 Å². The molecule has 0 bridgehead atoms. The van der Waals surface area contributed by atoms with Crippen molar-refractivity contribution in [3.63, 3.8) is 0 Å². The second-order valence-corrected chi connectivity index (χ2v) is 6.56. The van der Waals surface area contributed by atoms with E-state index in [-0.39, 0.29) is 0 Å². The maximum atomic E-state index is 2.35. The van der Waals surface area contributed by atoms with E-state index < -0.39 is 0 Å². The molecule has 0 spiro atoms. The van der Waals surface area contributed by atoms with Gasteiger partial charge in [0.2, 0.25) is 0 Å². The zero-order chi connectivity index (χ0) is 13.1. The summed E-state index contributed by atoms with van der Waals surface area (Å²) in [7, 11) is 0. The number of nitrogens with one attached hydrogen (secondary N) is 2. The monoisotopic (exact) mass is 260 g/mol. The van der Waals surface area contributed by atoms with Crippen LogP contribution in [-0.4, -0.2) is 32.2 Å². The van der Waals surface area contributed by atoms with Gasteiger partial charge in [-0.1, -0.05) is 29.8 Å². The van der Waals surface area contributed by atoms with Crippen molar-refractivity contribution in [2.45, 2.75) is 45.2 Å². The maximum Gasteiger partial charge on any atom is 0.127 e. The van der Waals surface area contributed by atoms with Gasteiger partial charge in [-0.3, -0.25) is 0 Å². The third-order valence-electron chi connectivity index (χ3n) is 5.07. The lowest BCUT2D eigenvalue weighted by atomic mass is 10.1. The van der Waals surface area contributed by atoms with Gasteiger partial charge >= 0.3 is 0 Å². The average molecular weight is 260 g/mol. The van der Waals surface area contributed by atoms with E-state index in [1.807, 2.05) is 4.90 Å². The Morgan fingerprint density at radius 2 is 1.79 bits per heavy atom. The van der Waals surface area contributed by atoms with Gasteiger partial charge in [0.05, 0.1) is 6.04 Å². The smallest absolute Gasteiger partial charge is 0.127 e. The summed E-state index contributed by atoms with van der Waals surface area (Å²) in [6, 6.07) is 10.0. The molecule has 2 fully saturated rings. The third-order valence-corrected chi connectivity index (χ3v) is 5.07. The standard InChI is InChI=1S/C17H26N2/c1-15-5-4-6-16(13-15)14-18-9-11-19(12-10-18)17-7-2-3-8-17/h4-6,13,17H,2-3,7-12,14H2,1H3/p+2. The fraction of sp³-hybridized carbons (Fsp3) is 0.647. The highest BCUT2D eigenvalue weighted by Gasteiger charge is 2.31. The highest BCUT2D eigenvalue weighted by molar-refractivity contribution is 5.21. The lowest BCUT2D eigenvalue weighted by Gasteiger charge is -2.33. The summed E-state index contributed by atoms with van der Waals surface area (Å²) in [5.74, 6) is 0. The lowest BCUT2D eigenvalue weighted by molar-refractivity contribution is -1.03. The van der Waals surface area contributed by atoms with E-state index in [0.717, 1.165) is 6.04 Å². The number of hydrogen-bond acceptors (Lipinski definition) is 0. The van der Waals surface area contributed by atoms with Crippen molar-refractivity contribution in [1.29, 1.82) is 0 Å². The number of rotatable bonds is 3. The summed E-state index contributed by atoms with van der Waals surface area (Å²) in [5.41, 5.74) is 2.91. The topological polar surface area (TPSA) is 8.88 Å². The molecule has 1 heterocycles. The Morgan fingerprint density at radius 3 is 2.47 bits per heavy atom. The minimum Gasteiger partial charge on any atom is -0.323 e. The van der Waals surface area contributed by atoms with Crippen LogP contribution in [0.2, 0.25) is 0 Å². The minimum absolute atomic E-state index is 1.00. The summed E-state index contributed by atoms with van der Waals surface area (Å²) in [5, 5.41) is 0. The van der Waals surface area contributed by atoms with E-state index in [9.17, 15) is 0 Å². The zero-order valence-corrected chi connectivity index (χ0v) is 12.3. The van der Waals surface area contributed by atoms with Gasteiger partial charge in [0.25, 0.3) is 0 Å². The third kappa shape index (κ3) is 3.37. The van der Waals surface area contributed by atoms with Gasteiger partial charge in [-0.25, -0.2) is 0 Å². The van der Waals surface area contributed by atoms with E-state index in [1.54, 1.807) is 4.90 Å². The van der Waals surface area contributed by atoms with Gasteiger partial charge in [-0.05, 0) is 32.6 Å². The molecular formula is C17H28N2+2. The van der Waals surface area contributed by atoms with Crippen LogP contribution in [0.15, 0.2) is 24.3 Å². The Morgan fingerprint density at radius 1 is 1.05 bits per heavy atom. The van der Waals surface area contributed by atoms with Gasteiger partial charge in [0.1, 0.15) is 32.7 Å². The second kappa shape index (κ2) is 6.06. The highest BCUT2D eigenvalue weighted by atomic mass is 15.3. The summed E-state index contributed by atoms with van der Waals surface area (Å²) in [4.78, 5) is 3.69. The maximum absolute atomic E-state index is 2.35. The summed E-state index contributed by atoms with van der Waals surface area (Å²) in [6.07, 6.45) is 5.94. The minimum atomic E-state index is 1.00. The molecule has 3 rings (SSSR count). The SMILES string of the molecule is Cc1cccc(C[NH+]2CC[NH+](C3CCCC3)CC2)c1. The first kappa shape index (κ1) is 13.1. The van der Waals surface area contributed by atoms with Crippen LogP contribution in [0.25, 0.3) is 0 Å². The molecule has 0 aromatic heterocycles. The van der Waals surface area contributed by atoms with Crippen LogP contribution in [0, 0.1) is 6.92 Å². The van der Waals surface area contributed by atoms with Crippen molar-refractivity contribution >= 4 is 0 Å². The molecule has 1 saturated heterocycles. The molecule has 1 saturated carbocycles. The number of piperazine rings is 1. The Hall–Kier alpha value is -0.860. The molecule has 0 amide bonds. The largest absolute Gasteiger partial charge is 0.323 e. The van der Waals surface area contributed by atoms with Crippen molar-refractivity contribution in [2.75, 3.05) is 26.2 Å². The number of hydrogen-bond donors (Lipinski definition) is 2. The van der Waals surface area contributed by atoms with Gasteiger partial charge in [-0.2, -0.15) is 0 Å². The summed E-state index contributed by atoms with van der Waals surface area (Å²) >= 11 is 0. The fourth-order valence-corrected chi connectivity index (χ4v) is 3.95. The summed E-state index contributed by atoms with van der Waals surface area (Å²) in [6.45, 7) is 8.93. The predicted molar refractivity (Wildman–Crippen MR) is 78.5 cm³/mol. The average Bonchev–Trinajstić information content (AvgIpc) is 2.94. The van der Waals surface area contributed by atoms with E-state index in [2.05, 4.69) is 31.2 Å². The highest BCUT2D eigenvalue weighted by Crippen LogP contribution is 2.15. The van der Waals surface area contributed by atoms with Crippen LogP contribution in [0.4, 0.5) is 0 Å². The number of quaternary nitrogens is 2. The first-order valence-corrected chi connectivity index (χ1v) is 8.05. The molecule has 2 aliphatic rings. The molecule has 2 heteroatoms. The Labute approximate surface area is 117 Å². The predicted octanol–water partition coefficient (Wildman–Crippen LogP) is 0.221. The molecule has 1 aliphatic heterocycles. The van der Waals surface area contributed by atoms with Gasteiger partial charge in [-0.15, -0.1) is 0 Å². The second-order valence-electron chi connectivity index (χ2n) is 6.56. The first-order valence-electron chi connectivity index (χ1n) is 8.05. The van der Waals surface area contributed by atoms with Crippen LogP contribution in [-0.2, 0) is 6.54 Å². The van der Waals surface area contributed by atoms with Gasteiger partial charge < -0.3 is 9.80 Å².